The molecule has 1 aromatic rings. The lowest BCUT2D eigenvalue weighted by molar-refractivity contribution is 0.0526. The normalized spacial score (nSPS) is 22.5. The van der Waals surface area contributed by atoms with Gasteiger partial charge in [-0.05, 0) is 25.7 Å². The van der Waals surface area contributed by atoms with Gasteiger partial charge in [0.1, 0.15) is 11.4 Å². The topological polar surface area (TPSA) is 78.1 Å². The van der Waals surface area contributed by atoms with E-state index in [9.17, 15) is 4.79 Å². The van der Waals surface area contributed by atoms with Crippen molar-refractivity contribution in [3.05, 3.63) is 11.8 Å². The van der Waals surface area contributed by atoms with Crippen LogP contribution in [0.4, 0.5) is 5.82 Å². The van der Waals surface area contributed by atoms with Crippen molar-refractivity contribution < 1.29 is 9.53 Å². The van der Waals surface area contributed by atoms with E-state index in [1.807, 2.05) is 0 Å². The fourth-order valence-electron chi connectivity index (χ4n) is 2.44. The molecule has 0 spiro atoms. The summed E-state index contributed by atoms with van der Waals surface area (Å²) in [6.07, 6.45) is 6.41. The van der Waals surface area contributed by atoms with Crippen LogP contribution in [0.3, 0.4) is 0 Å². The van der Waals surface area contributed by atoms with Crippen molar-refractivity contribution in [2.75, 3.05) is 12.3 Å². The minimum atomic E-state index is -0.465. The van der Waals surface area contributed by atoms with Gasteiger partial charge in [0.05, 0.1) is 6.61 Å². The van der Waals surface area contributed by atoms with E-state index in [2.05, 4.69) is 16.9 Å². The van der Waals surface area contributed by atoms with Crippen LogP contribution in [-0.4, -0.2) is 27.8 Å². The smallest absolute Gasteiger partial charge is 0.343 e. The number of ether oxygens (including phenoxy) is 1. The molecular weight excluding hydrogens is 274 g/mol. The van der Waals surface area contributed by atoms with E-state index >= 15 is 0 Å². The van der Waals surface area contributed by atoms with Gasteiger partial charge >= 0.3 is 5.97 Å². The summed E-state index contributed by atoms with van der Waals surface area (Å²) in [4.78, 5) is 20.1. The number of anilines is 1. The molecule has 1 aromatic heterocycles. The van der Waals surface area contributed by atoms with Gasteiger partial charge in [-0.2, -0.15) is 0 Å². The Morgan fingerprint density at radius 3 is 3.00 bits per heavy atom. The summed E-state index contributed by atoms with van der Waals surface area (Å²) in [6.45, 7) is 4.35. The summed E-state index contributed by atoms with van der Waals surface area (Å²) in [7, 11) is 0. The molecule has 0 bridgehead atoms. The van der Waals surface area contributed by atoms with Gasteiger partial charge in [-0.1, -0.05) is 31.5 Å². The van der Waals surface area contributed by atoms with E-state index in [0.717, 1.165) is 5.92 Å². The van der Waals surface area contributed by atoms with Crippen LogP contribution in [-0.2, 0) is 4.74 Å². The molecule has 1 aliphatic rings. The summed E-state index contributed by atoms with van der Waals surface area (Å²) in [5, 5.41) is 1.20. The molecule has 2 N–H and O–H groups in total. The molecule has 0 aromatic carbocycles. The third kappa shape index (κ3) is 3.85. The zero-order chi connectivity index (χ0) is 14.5. The zero-order valence-electron chi connectivity index (χ0n) is 12.0. The Morgan fingerprint density at radius 1 is 1.55 bits per heavy atom. The lowest BCUT2D eigenvalue weighted by atomic mass is 9.91. The molecule has 2 unspecified atom stereocenters. The summed E-state index contributed by atoms with van der Waals surface area (Å²) >= 11 is 1.66. The van der Waals surface area contributed by atoms with Gasteiger partial charge in [0.25, 0.3) is 0 Å². The second-order valence-corrected chi connectivity index (χ2v) is 6.45. The molecule has 0 saturated heterocycles. The van der Waals surface area contributed by atoms with Crippen molar-refractivity contribution in [3.8, 4) is 0 Å². The Morgan fingerprint density at radius 2 is 2.35 bits per heavy atom. The van der Waals surface area contributed by atoms with Crippen LogP contribution < -0.4 is 5.73 Å². The third-order valence-corrected chi connectivity index (χ3v) is 4.62. The highest BCUT2D eigenvalue weighted by Gasteiger charge is 2.21. The molecule has 0 aliphatic heterocycles. The van der Waals surface area contributed by atoms with Crippen LogP contribution in [0.1, 0.15) is 49.9 Å². The summed E-state index contributed by atoms with van der Waals surface area (Å²) in [6, 6.07) is 0. The number of rotatable bonds is 4. The second-order valence-electron chi connectivity index (χ2n) is 5.18. The maximum Gasteiger partial charge on any atom is 0.343 e. The van der Waals surface area contributed by atoms with E-state index in [1.165, 1.54) is 31.9 Å². The zero-order valence-corrected chi connectivity index (χ0v) is 12.8. The molecule has 5 nitrogen and oxygen atoms in total. The van der Waals surface area contributed by atoms with Gasteiger partial charge in [0.2, 0.25) is 0 Å². The van der Waals surface area contributed by atoms with Gasteiger partial charge in [0.15, 0.2) is 5.16 Å². The standard InChI is InChI=1S/C14H21N3O2S/c1-3-19-13(18)11-8-16-14(17-12(11)15)20-10-6-4-5-9(2)7-10/h8-10H,3-7H2,1-2H3,(H2,15,16,17). The molecule has 6 heteroatoms. The van der Waals surface area contributed by atoms with Crippen LogP contribution >= 0.6 is 11.8 Å². The van der Waals surface area contributed by atoms with Gasteiger partial charge < -0.3 is 10.5 Å². The average molecular weight is 295 g/mol. The SMILES string of the molecule is CCOC(=O)c1cnc(SC2CCCC(C)C2)nc1N. The van der Waals surface area contributed by atoms with Gasteiger partial charge in [-0.3, -0.25) is 0 Å². The minimum Gasteiger partial charge on any atom is -0.462 e. The molecule has 1 aliphatic carbocycles. The highest BCUT2D eigenvalue weighted by Crippen LogP contribution is 2.34. The molecule has 2 atom stereocenters. The molecule has 0 radical (unpaired) electrons. The van der Waals surface area contributed by atoms with Crippen molar-refractivity contribution in [1.29, 1.82) is 0 Å². The first-order valence-corrected chi connectivity index (χ1v) is 7.94. The quantitative estimate of drug-likeness (QED) is 0.679. The maximum absolute atomic E-state index is 11.6. The van der Waals surface area contributed by atoms with Crippen LogP contribution in [0.5, 0.6) is 0 Å². The van der Waals surface area contributed by atoms with Crippen molar-refractivity contribution >= 4 is 23.5 Å². The van der Waals surface area contributed by atoms with Crippen molar-refractivity contribution in [2.45, 2.75) is 49.9 Å². The number of aromatic nitrogens is 2. The largest absolute Gasteiger partial charge is 0.462 e. The van der Waals surface area contributed by atoms with E-state index in [1.54, 1.807) is 18.7 Å². The third-order valence-electron chi connectivity index (χ3n) is 3.45. The fraction of sp³-hybridized carbons (Fsp3) is 0.643. The molecule has 1 saturated carbocycles. The number of hydrogen-bond acceptors (Lipinski definition) is 6. The number of thioether (sulfide) groups is 1. The maximum atomic E-state index is 11.6. The highest BCUT2D eigenvalue weighted by atomic mass is 32.2. The summed E-state index contributed by atoms with van der Waals surface area (Å²) < 4.78 is 4.91. The molecule has 20 heavy (non-hydrogen) atoms. The summed E-state index contributed by atoms with van der Waals surface area (Å²) in [5.41, 5.74) is 6.06. The molecule has 1 heterocycles. The Hall–Kier alpha value is -1.30. The van der Waals surface area contributed by atoms with Crippen LogP contribution in [0.15, 0.2) is 11.4 Å². The lowest BCUT2D eigenvalue weighted by Gasteiger charge is -2.25. The number of hydrogen-bond donors (Lipinski definition) is 1. The van der Waals surface area contributed by atoms with Crippen molar-refractivity contribution in [2.24, 2.45) is 5.92 Å². The number of carbonyl (C=O) groups is 1. The number of nitrogen functional groups attached to an aromatic ring is 1. The van der Waals surface area contributed by atoms with Gasteiger partial charge in [0, 0.05) is 11.4 Å². The summed E-state index contributed by atoms with van der Waals surface area (Å²) in [5.74, 6) is 0.495. The first-order chi connectivity index (χ1) is 9.60. The number of nitrogens with zero attached hydrogens (tertiary/aromatic N) is 2. The van der Waals surface area contributed by atoms with Crippen molar-refractivity contribution in [3.63, 3.8) is 0 Å². The Balaban J connectivity index is 2.03. The molecule has 1 fully saturated rings. The first-order valence-electron chi connectivity index (χ1n) is 7.06. The Bertz CT molecular complexity index is 481. The highest BCUT2D eigenvalue weighted by molar-refractivity contribution is 7.99. The first kappa shape index (κ1) is 15.1. The number of nitrogens with two attached hydrogens (primary N) is 1. The number of esters is 1. The van der Waals surface area contributed by atoms with Crippen LogP contribution in [0.2, 0.25) is 0 Å². The van der Waals surface area contributed by atoms with Crippen LogP contribution in [0.25, 0.3) is 0 Å². The number of carbonyl (C=O) groups excluding carboxylic acids is 1. The molecule has 2 rings (SSSR count). The lowest BCUT2D eigenvalue weighted by Crippen LogP contribution is -2.16. The Kier molecular flexibility index (Phi) is 5.23. The fourth-order valence-corrected chi connectivity index (χ4v) is 3.71. The minimum absolute atomic E-state index is 0.199. The van der Waals surface area contributed by atoms with Gasteiger partial charge in [-0.15, -0.1) is 0 Å². The van der Waals surface area contributed by atoms with Crippen molar-refractivity contribution in [1.82, 2.24) is 9.97 Å². The molecular formula is C14H21N3O2S. The Labute approximate surface area is 123 Å². The van der Waals surface area contributed by atoms with Gasteiger partial charge in [-0.25, -0.2) is 14.8 Å². The second kappa shape index (κ2) is 6.92. The van der Waals surface area contributed by atoms with E-state index in [0.29, 0.717) is 17.0 Å². The molecule has 0 amide bonds. The van der Waals surface area contributed by atoms with Crippen LogP contribution in [0, 0.1) is 5.92 Å². The van der Waals surface area contributed by atoms with E-state index in [-0.39, 0.29) is 11.4 Å². The van der Waals surface area contributed by atoms with E-state index < -0.39 is 5.97 Å². The predicted molar refractivity (Wildman–Crippen MR) is 79.7 cm³/mol. The average Bonchev–Trinajstić information content (AvgIpc) is 2.39. The van der Waals surface area contributed by atoms with E-state index in [4.69, 9.17) is 10.5 Å². The molecule has 110 valence electrons. The predicted octanol–water partition coefficient (Wildman–Crippen LogP) is 2.91. The monoisotopic (exact) mass is 295 g/mol.